The number of methoxy groups -OCH3 is 1. The topological polar surface area (TPSA) is 68.7 Å². The zero-order valence-electron chi connectivity index (χ0n) is 10.6. The van der Waals surface area contributed by atoms with Crippen molar-refractivity contribution < 1.29 is 52.3 Å². The number of fused-ring (bicyclic) bond motifs is 1. The maximum absolute atomic E-state index is 13.1. The van der Waals surface area contributed by atoms with Crippen LogP contribution in [0.3, 0.4) is 0 Å². The van der Waals surface area contributed by atoms with E-state index in [1.54, 1.807) is 0 Å². The van der Waals surface area contributed by atoms with E-state index in [1.807, 2.05) is 0 Å². The minimum Gasteiger partial charge on any atom is -0.322 e. The summed E-state index contributed by atoms with van der Waals surface area (Å²) in [6, 6.07) is 1.84. The molecule has 1 saturated heterocycles. The fourth-order valence-corrected chi connectivity index (χ4v) is 2.17. The molecule has 0 aromatic carbocycles. The van der Waals surface area contributed by atoms with Crippen LogP contribution in [0.5, 0.6) is 0 Å². The minimum atomic E-state index is -4.73. The maximum atomic E-state index is 13.1. The number of pyridine rings is 1. The van der Waals surface area contributed by atoms with Crippen LogP contribution >= 0.6 is 11.6 Å². The number of hydrogen-bond donors (Lipinski definition) is 0. The van der Waals surface area contributed by atoms with Gasteiger partial charge in [-0.2, -0.15) is 28.0 Å². The minimum absolute atomic E-state index is 0. The molecule has 0 bridgehead atoms. The van der Waals surface area contributed by atoms with Crippen molar-refractivity contribution in [2.75, 3.05) is 7.11 Å². The van der Waals surface area contributed by atoms with Crippen molar-refractivity contribution in [3.63, 3.8) is 0 Å². The second-order valence-corrected chi connectivity index (χ2v) is 4.55. The van der Waals surface area contributed by atoms with Crippen molar-refractivity contribution in [3.8, 4) is 0 Å². The molecule has 0 spiro atoms. The number of alkyl halides is 3. The molecule has 0 aliphatic carbocycles. The van der Waals surface area contributed by atoms with Crippen LogP contribution in [0.2, 0.25) is 5.02 Å². The molecule has 0 atom stereocenters. The summed E-state index contributed by atoms with van der Waals surface area (Å²) >= 11 is 6.00. The van der Waals surface area contributed by atoms with Crippen molar-refractivity contribution in [2.45, 2.75) is 12.1 Å². The number of ether oxygens (including phenoxy) is 1. The van der Waals surface area contributed by atoms with Gasteiger partial charge in [-0.1, -0.05) is 11.6 Å². The first kappa shape index (κ1) is 17.3. The number of halogens is 4. The van der Waals surface area contributed by atoms with Gasteiger partial charge < -0.3 is 4.74 Å². The Morgan fingerprint density at radius 3 is 2.50 bits per heavy atom. The summed E-state index contributed by atoms with van der Waals surface area (Å²) in [5.41, 5.74) is -1.62. The Labute approximate surface area is 139 Å². The molecule has 0 unspecified atom stereocenters. The number of nitrogens with zero attached hydrogens (tertiary/aromatic N) is 2. The van der Waals surface area contributed by atoms with Gasteiger partial charge in [0.05, 0.1) is 10.5 Å². The van der Waals surface area contributed by atoms with Crippen molar-refractivity contribution in [3.05, 3.63) is 34.1 Å². The summed E-state index contributed by atoms with van der Waals surface area (Å²) in [4.78, 5) is 20.0. The van der Waals surface area contributed by atoms with Crippen LogP contribution in [0.25, 0.3) is 5.52 Å². The molecule has 3 rings (SSSR count). The smallest absolute Gasteiger partial charge is 0.322 e. The van der Waals surface area contributed by atoms with E-state index in [1.165, 1.54) is 13.2 Å². The Morgan fingerprint density at radius 2 is 2.05 bits per heavy atom. The molecule has 11 heteroatoms. The van der Waals surface area contributed by atoms with Crippen LogP contribution < -0.4 is 0 Å². The first-order valence-electron chi connectivity index (χ1n) is 5.49. The molecule has 0 radical (unpaired) electrons. The molecule has 6 nitrogen and oxygen atoms in total. The number of carbonyl (C=O) groups excluding carboxylic acids is 1. The quantitative estimate of drug-likeness (QED) is 0.359. The molecule has 22 heavy (non-hydrogen) atoms. The Kier molecular flexibility index (Phi) is 4.36. The van der Waals surface area contributed by atoms with Gasteiger partial charge in [-0.05, 0) is 12.1 Å². The Hall–Kier alpha value is -1.04. The summed E-state index contributed by atoms with van der Waals surface area (Å²) in [6.45, 7) is 0. The molecule has 0 saturated carbocycles. The summed E-state index contributed by atoms with van der Waals surface area (Å²) in [6.07, 6.45) is -4.44. The second-order valence-electron chi connectivity index (χ2n) is 4.18. The zero-order valence-corrected chi connectivity index (χ0v) is 13.9. The summed E-state index contributed by atoms with van der Waals surface area (Å²) in [7, 11) is 1.22. The van der Waals surface area contributed by atoms with Gasteiger partial charge in [-0.25, -0.2) is 4.52 Å². The summed E-state index contributed by atoms with van der Waals surface area (Å²) in [5, 5.41) is 3.57. The van der Waals surface area contributed by atoms with Crippen LogP contribution in [-0.4, -0.2) is 23.0 Å². The molecule has 2 aromatic rings. The van der Waals surface area contributed by atoms with E-state index in [9.17, 15) is 18.0 Å². The molecule has 0 amide bonds. The molecular formula is C11H6ClF3N2O4Os. The first-order chi connectivity index (χ1) is 9.82. The molecule has 1 fully saturated rings. The number of carbonyl (C=O) groups is 1. The first-order valence-corrected chi connectivity index (χ1v) is 5.87. The van der Waals surface area contributed by atoms with E-state index in [4.69, 9.17) is 16.3 Å². The molecular weight excluding hydrogens is 507 g/mol. The van der Waals surface area contributed by atoms with Gasteiger partial charge >= 0.3 is 12.1 Å². The van der Waals surface area contributed by atoms with Gasteiger partial charge in [-0.15, -0.1) is 0 Å². The normalized spacial score (nSPS) is 16.4. The predicted octanol–water partition coefficient (Wildman–Crippen LogP) is 2.54. The third-order valence-electron chi connectivity index (χ3n) is 2.92. The van der Waals surface area contributed by atoms with Crippen LogP contribution in [0.15, 0.2) is 12.1 Å². The third-order valence-corrected chi connectivity index (χ3v) is 3.29. The molecule has 120 valence electrons. The largest absolute Gasteiger partial charge is 0.433 e. The summed E-state index contributed by atoms with van der Waals surface area (Å²) < 4.78 is 44.6. The molecule has 0 N–H and O–H groups in total. The third kappa shape index (κ3) is 2.55. The van der Waals surface area contributed by atoms with Crippen LogP contribution in [0, 0.1) is 0 Å². The Balaban J connectivity index is 0.00000176. The van der Waals surface area contributed by atoms with E-state index in [2.05, 4.69) is 14.9 Å². The van der Waals surface area contributed by atoms with Crippen LogP contribution in [0.4, 0.5) is 13.2 Å². The van der Waals surface area contributed by atoms with Crippen molar-refractivity contribution in [1.29, 1.82) is 0 Å². The number of rotatable bonds is 3. The maximum Gasteiger partial charge on any atom is 0.433 e. The standard InChI is InChI=1S/C11H6ClF3N2O4.Os/c1-19-11(20-21-11)9-8(12)6-2-5(4-18)3-7(10(13,14)15)17(6)16-9;/h2-4H,1H3;. The van der Waals surface area contributed by atoms with Crippen LogP contribution in [-0.2, 0) is 46.5 Å². The number of aldehydes is 1. The molecule has 1 aliphatic heterocycles. The molecule has 3 heterocycles. The van der Waals surface area contributed by atoms with E-state index < -0.39 is 17.8 Å². The SMILES string of the molecule is COC1(c2nn3c(C(F)(F)F)cc(C=O)cc3c2Cl)OO1.[Os]. The Bertz CT molecular complexity index is 745. The molecule has 1 aliphatic rings. The average molecular weight is 513 g/mol. The Morgan fingerprint density at radius 1 is 1.41 bits per heavy atom. The number of aromatic nitrogens is 2. The fourth-order valence-electron chi connectivity index (χ4n) is 1.89. The van der Waals surface area contributed by atoms with Crippen molar-refractivity contribution in [1.82, 2.24) is 9.61 Å². The van der Waals surface area contributed by atoms with E-state index in [-0.39, 0.29) is 47.9 Å². The fraction of sp³-hybridized carbons (Fsp3) is 0.273. The van der Waals surface area contributed by atoms with Crippen molar-refractivity contribution in [2.24, 2.45) is 0 Å². The van der Waals surface area contributed by atoms with Crippen molar-refractivity contribution >= 4 is 23.4 Å². The monoisotopic (exact) mass is 514 g/mol. The van der Waals surface area contributed by atoms with Gasteiger partial charge in [0.15, 0.2) is 5.69 Å². The summed E-state index contributed by atoms with van der Waals surface area (Å²) in [5.74, 6) is -1.71. The van der Waals surface area contributed by atoms with E-state index >= 15 is 0 Å². The van der Waals surface area contributed by atoms with Gasteiger partial charge in [0.2, 0.25) is 0 Å². The van der Waals surface area contributed by atoms with Gasteiger partial charge in [0.25, 0.3) is 0 Å². The second kappa shape index (κ2) is 5.55. The van der Waals surface area contributed by atoms with Gasteiger partial charge in [0.1, 0.15) is 12.0 Å². The van der Waals surface area contributed by atoms with Crippen LogP contribution in [0.1, 0.15) is 21.7 Å². The zero-order chi connectivity index (χ0) is 15.4. The average Bonchev–Trinajstić information content (AvgIpc) is 3.16. The van der Waals surface area contributed by atoms with E-state index in [0.717, 1.165) is 0 Å². The predicted molar refractivity (Wildman–Crippen MR) is 61.4 cm³/mol. The number of hydrogen-bond acceptors (Lipinski definition) is 5. The van der Waals surface area contributed by atoms with E-state index in [0.29, 0.717) is 10.6 Å². The molecule has 2 aromatic heterocycles. The van der Waals surface area contributed by atoms with Gasteiger partial charge in [0, 0.05) is 32.5 Å². The van der Waals surface area contributed by atoms with Gasteiger partial charge in [-0.3, -0.25) is 4.79 Å².